The summed E-state index contributed by atoms with van der Waals surface area (Å²) in [5, 5.41) is 4.59. The highest BCUT2D eigenvalue weighted by atomic mass is 35.5. The lowest BCUT2D eigenvalue weighted by atomic mass is 10.0. The minimum Gasteiger partial charge on any atom is -0.334 e. The Kier molecular flexibility index (Phi) is 4.76. The number of benzene rings is 2. The van der Waals surface area contributed by atoms with Gasteiger partial charge in [0.15, 0.2) is 0 Å². The van der Waals surface area contributed by atoms with Crippen molar-refractivity contribution in [1.29, 1.82) is 0 Å². The molecule has 5 heteroatoms. The normalized spacial score (nSPS) is 11.0. The molecule has 0 N–H and O–H groups in total. The zero-order valence-corrected chi connectivity index (χ0v) is 14.2. The van der Waals surface area contributed by atoms with Gasteiger partial charge < -0.3 is 4.52 Å². The molecule has 0 saturated heterocycles. The molecule has 1 heterocycles. The van der Waals surface area contributed by atoms with Gasteiger partial charge in [-0.1, -0.05) is 60.9 Å². The topological polar surface area (TPSA) is 56.0 Å². The Labute approximate surface area is 145 Å². The molecule has 4 nitrogen and oxygen atoms in total. The summed E-state index contributed by atoms with van der Waals surface area (Å²) >= 11 is 6.38. The summed E-state index contributed by atoms with van der Waals surface area (Å²) in [7, 11) is 0. The van der Waals surface area contributed by atoms with Gasteiger partial charge in [-0.15, -0.1) is 0 Å². The third-order valence-corrected chi connectivity index (χ3v) is 3.95. The van der Waals surface area contributed by atoms with Crippen LogP contribution in [0.1, 0.15) is 29.8 Å². The Morgan fingerprint density at radius 2 is 1.92 bits per heavy atom. The molecule has 24 heavy (non-hydrogen) atoms. The highest BCUT2D eigenvalue weighted by molar-refractivity contribution is 6.33. The minimum absolute atomic E-state index is 0.380. The van der Waals surface area contributed by atoms with Crippen molar-refractivity contribution in [2.24, 2.45) is 5.92 Å². The zero-order chi connectivity index (χ0) is 17.1. The number of halogens is 1. The summed E-state index contributed by atoms with van der Waals surface area (Å²) in [6.45, 7) is 4.34. The molecule has 3 rings (SSSR count). The fourth-order valence-corrected chi connectivity index (χ4v) is 2.78. The summed E-state index contributed by atoms with van der Waals surface area (Å²) < 4.78 is 5.35. The molecule has 0 aliphatic rings. The first-order valence-corrected chi connectivity index (χ1v) is 8.12. The van der Waals surface area contributed by atoms with E-state index in [1.165, 1.54) is 5.56 Å². The molecule has 0 aliphatic carbocycles. The summed E-state index contributed by atoms with van der Waals surface area (Å²) in [5.74, 6) is 1.41. The lowest BCUT2D eigenvalue weighted by Gasteiger charge is -2.06. The maximum atomic E-state index is 10.7. The summed E-state index contributed by atoms with van der Waals surface area (Å²) in [6.07, 6.45) is 1.77. The van der Waals surface area contributed by atoms with Crippen LogP contribution in [-0.4, -0.2) is 16.4 Å². The molecule has 0 radical (unpaired) electrons. The Hall–Kier alpha value is -2.46. The van der Waals surface area contributed by atoms with E-state index in [2.05, 4.69) is 24.0 Å². The quantitative estimate of drug-likeness (QED) is 0.608. The molecule has 0 saturated carbocycles. The lowest BCUT2D eigenvalue weighted by molar-refractivity contribution is 0.112. The molecule has 3 aromatic rings. The number of nitrogens with zero attached hydrogens (tertiary/aromatic N) is 2. The van der Waals surface area contributed by atoms with Crippen LogP contribution in [0.2, 0.25) is 5.02 Å². The smallest absolute Gasteiger partial charge is 0.259 e. The average molecular weight is 341 g/mol. The van der Waals surface area contributed by atoms with Crippen LogP contribution in [0, 0.1) is 5.92 Å². The van der Waals surface area contributed by atoms with Gasteiger partial charge in [0.25, 0.3) is 5.89 Å². The van der Waals surface area contributed by atoms with Gasteiger partial charge in [0.1, 0.15) is 6.29 Å². The van der Waals surface area contributed by atoms with Gasteiger partial charge in [-0.05, 0) is 30.0 Å². The molecular weight excluding hydrogens is 324 g/mol. The van der Waals surface area contributed by atoms with E-state index in [-0.39, 0.29) is 0 Å². The Morgan fingerprint density at radius 1 is 1.17 bits per heavy atom. The van der Waals surface area contributed by atoms with Crippen LogP contribution < -0.4 is 0 Å². The molecule has 0 spiro atoms. The van der Waals surface area contributed by atoms with E-state index in [0.29, 0.717) is 33.8 Å². The van der Waals surface area contributed by atoms with Gasteiger partial charge in [-0.2, -0.15) is 4.98 Å². The van der Waals surface area contributed by atoms with E-state index in [1.807, 2.05) is 18.2 Å². The second kappa shape index (κ2) is 6.97. The minimum atomic E-state index is 0.380. The monoisotopic (exact) mass is 340 g/mol. The largest absolute Gasteiger partial charge is 0.334 e. The van der Waals surface area contributed by atoms with E-state index >= 15 is 0 Å². The predicted molar refractivity (Wildman–Crippen MR) is 94.1 cm³/mol. The number of aldehydes is 1. The molecular formula is C19H17ClN2O2. The molecule has 0 bridgehead atoms. The van der Waals surface area contributed by atoms with Crippen LogP contribution in [0.25, 0.3) is 22.8 Å². The van der Waals surface area contributed by atoms with Crippen molar-refractivity contribution >= 4 is 17.9 Å². The van der Waals surface area contributed by atoms with Gasteiger partial charge in [-0.3, -0.25) is 4.79 Å². The van der Waals surface area contributed by atoms with Crippen LogP contribution in [0.3, 0.4) is 0 Å². The highest BCUT2D eigenvalue weighted by Gasteiger charge is 2.14. The number of carbonyl (C=O) groups excluding carboxylic acids is 1. The third kappa shape index (κ3) is 3.54. The van der Waals surface area contributed by atoms with Crippen molar-refractivity contribution in [2.75, 3.05) is 0 Å². The molecule has 2 aromatic carbocycles. The molecule has 122 valence electrons. The van der Waals surface area contributed by atoms with Gasteiger partial charge >= 0.3 is 0 Å². The van der Waals surface area contributed by atoms with Crippen molar-refractivity contribution in [1.82, 2.24) is 10.1 Å². The second-order valence-corrected chi connectivity index (χ2v) is 6.48. The van der Waals surface area contributed by atoms with E-state index in [1.54, 1.807) is 24.3 Å². The fraction of sp³-hybridized carbons (Fsp3) is 0.211. The van der Waals surface area contributed by atoms with Crippen LogP contribution in [0.15, 0.2) is 47.0 Å². The third-order valence-electron chi connectivity index (χ3n) is 3.64. The Bertz CT molecular complexity index is 854. The number of hydrogen-bond donors (Lipinski definition) is 0. The first-order valence-electron chi connectivity index (χ1n) is 7.75. The van der Waals surface area contributed by atoms with Crippen LogP contribution in [0.4, 0.5) is 0 Å². The van der Waals surface area contributed by atoms with Gasteiger partial charge in [-0.25, -0.2) is 0 Å². The van der Waals surface area contributed by atoms with Crippen LogP contribution in [-0.2, 0) is 6.42 Å². The maximum absolute atomic E-state index is 10.7. The maximum Gasteiger partial charge on any atom is 0.259 e. The molecule has 0 atom stereocenters. The van der Waals surface area contributed by atoms with Crippen molar-refractivity contribution in [2.45, 2.75) is 20.3 Å². The summed E-state index contributed by atoms with van der Waals surface area (Å²) in [5.41, 5.74) is 3.28. The van der Waals surface area contributed by atoms with E-state index in [0.717, 1.165) is 18.3 Å². The second-order valence-electron chi connectivity index (χ2n) is 6.08. The van der Waals surface area contributed by atoms with Crippen LogP contribution >= 0.6 is 11.6 Å². The Morgan fingerprint density at radius 3 is 2.54 bits per heavy atom. The van der Waals surface area contributed by atoms with Crippen LogP contribution in [0.5, 0.6) is 0 Å². The van der Waals surface area contributed by atoms with E-state index < -0.39 is 0 Å². The fourth-order valence-electron chi connectivity index (χ4n) is 2.49. The van der Waals surface area contributed by atoms with Crippen molar-refractivity contribution < 1.29 is 9.32 Å². The Balaban J connectivity index is 1.88. The average Bonchev–Trinajstić information content (AvgIpc) is 3.04. The highest BCUT2D eigenvalue weighted by Crippen LogP contribution is 2.30. The summed E-state index contributed by atoms with van der Waals surface area (Å²) in [4.78, 5) is 15.1. The molecule has 1 aromatic heterocycles. The molecule has 0 unspecified atom stereocenters. The lowest BCUT2D eigenvalue weighted by Crippen LogP contribution is -1.94. The molecule has 0 fully saturated rings. The SMILES string of the molecule is CC(C)Cc1ccc(-c2nc(-c3ccc(C=O)cc3)no2)c(Cl)c1. The van der Waals surface area contributed by atoms with E-state index in [9.17, 15) is 4.79 Å². The van der Waals surface area contributed by atoms with Crippen molar-refractivity contribution in [3.63, 3.8) is 0 Å². The predicted octanol–water partition coefficient (Wildman–Crippen LogP) is 5.07. The zero-order valence-electron chi connectivity index (χ0n) is 13.5. The van der Waals surface area contributed by atoms with Crippen molar-refractivity contribution in [3.05, 3.63) is 58.6 Å². The molecule has 0 aliphatic heterocycles. The standard InChI is InChI=1S/C19H17ClN2O2/c1-12(2)9-14-5-8-16(17(20)10-14)19-21-18(22-24-19)15-6-3-13(11-23)4-7-15/h3-8,10-12H,9H2,1-2H3. The number of rotatable bonds is 5. The number of hydrogen-bond acceptors (Lipinski definition) is 4. The number of carbonyl (C=O) groups is 1. The molecule has 0 amide bonds. The summed E-state index contributed by atoms with van der Waals surface area (Å²) in [6, 6.07) is 12.9. The van der Waals surface area contributed by atoms with Gasteiger partial charge in [0.2, 0.25) is 5.82 Å². The van der Waals surface area contributed by atoms with Gasteiger partial charge in [0.05, 0.1) is 10.6 Å². The first kappa shape index (κ1) is 16.4. The first-order chi connectivity index (χ1) is 11.6. The van der Waals surface area contributed by atoms with E-state index in [4.69, 9.17) is 16.1 Å². The van der Waals surface area contributed by atoms with Gasteiger partial charge in [0, 0.05) is 11.1 Å². The van der Waals surface area contributed by atoms with Crippen molar-refractivity contribution in [3.8, 4) is 22.8 Å². The number of aromatic nitrogens is 2.